The zero-order chi connectivity index (χ0) is 14.3. The molecule has 0 aliphatic heterocycles. The first kappa shape index (κ1) is 16.4. The Kier molecular flexibility index (Phi) is 7.39. The van der Waals surface area contributed by atoms with E-state index in [1.165, 1.54) is 18.4 Å². The molecule has 1 rings (SSSR count). The van der Waals surface area contributed by atoms with Crippen LogP contribution in [0.1, 0.15) is 39.2 Å². The summed E-state index contributed by atoms with van der Waals surface area (Å²) < 4.78 is 1.04. The van der Waals surface area contributed by atoms with E-state index in [0.29, 0.717) is 0 Å². The zero-order valence-electron chi connectivity index (χ0n) is 12.5. The number of halogens is 1. The number of nitrogens with zero attached hydrogens (tertiary/aromatic N) is 2. The molecule has 0 spiro atoms. The van der Waals surface area contributed by atoms with E-state index in [1.54, 1.807) is 0 Å². The van der Waals surface area contributed by atoms with Crippen molar-refractivity contribution in [3.8, 4) is 0 Å². The minimum atomic E-state index is 0.743. The van der Waals surface area contributed by atoms with Crippen LogP contribution >= 0.6 is 15.9 Å². The minimum Gasteiger partial charge on any atom is -0.356 e. The van der Waals surface area contributed by atoms with Crippen LogP contribution in [-0.4, -0.2) is 25.1 Å². The quantitative estimate of drug-likeness (QED) is 0.786. The summed E-state index contributed by atoms with van der Waals surface area (Å²) in [4.78, 5) is 7.03. The van der Waals surface area contributed by atoms with Gasteiger partial charge in [0.15, 0.2) is 0 Å². The van der Waals surface area contributed by atoms with Gasteiger partial charge in [-0.25, -0.2) is 4.98 Å². The topological polar surface area (TPSA) is 28.2 Å². The number of hydrogen-bond acceptors (Lipinski definition) is 3. The second-order valence-electron chi connectivity index (χ2n) is 4.89. The average Bonchev–Trinajstić information content (AvgIpc) is 2.42. The number of nitrogens with one attached hydrogen (secondary N) is 1. The molecular formula is C15H26BrN3. The molecule has 1 aromatic heterocycles. The van der Waals surface area contributed by atoms with Crippen molar-refractivity contribution >= 4 is 21.7 Å². The fourth-order valence-electron chi connectivity index (χ4n) is 2.30. The molecule has 0 saturated heterocycles. The molecule has 19 heavy (non-hydrogen) atoms. The van der Waals surface area contributed by atoms with Gasteiger partial charge in [-0.3, -0.25) is 0 Å². The van der Waals surface area contributed by atoms with E-state index >= 15 is 0 Å². The SMILES string of the molecule is CCC(CC)CN(CC)c1ncc(Br)cc1CNC. The minimum absolute atomic E-state index is 0.743. The normalized spacial score (nSPS) is 11.1. The summed E-state index contributed by atoms with van der Waals surface area (Å²) in [5.41, 5.74) is 1.25. The molecule has 0 amide bonds. The smallest absolute Gasteiger partial charge is 0.133 e. The van der Waals surface area contributed by atoms with Crippen LogP contribution in [0.3, 0.4) is 0 Å². The standard InChI is InChI=1S/C15H26BrN3/c1-5-12(6-2)11-19(7-3)15-13(9-17-4)8-14(16)10-18-15/h8,10,12,17H,5-7,9,11H2,1-4H3. The van der Waals surface area contributed by atoms with E-state index in [0.717, 1.165) is 35.8 Å². The Morgan fingerprint density at radius 3 is 2.53 bits per heavy atom. The van der Waals surface area contributed by atoms with Gasteiger partial charge >= 0.3 is 0 Å². The first-order valence-corrected chi connectivity index (χ1v) is 7.99. The molecule has 0 bridgehead atoms. The first-order valence-electron chi connectivity index (χ1n) is 7.20. The molecule has 0 aliphatic rings. The Balaban J connectivity index is 2.96. The number of pyridine rings is 1. The largest absolute Gasteiger partial charge is 0.356 e. The molecule has 0 unspecified atom stereocenters. The summed E-state index contributed by atoms with van der Waals surface area (Å²) in [6, 6.07) is 2.16. The van der Waals surface area contributed by atoms with Crippen molar-refractivity contribution in [2.24, 2.45) is 5.92 Å². The van der Waals surface area contributed by atoms with Crippen molar-refractivity contribution in [1.82, 2.24) is 10.3 Å². The van der Waals surface area contributed by atoms with E-state index in [9.17, 15) is 0 Å². The maximum Gasteiger partial charge on any atom is 0.133 e. The van der Waals surface area contributed by atoms with Crippen LogP contribution in [0.15, 0.2) is 16.7 Å². The number of aromatic nitrogens is 1. The molecule has 0 aliphatic carbocycles. The maximum absolute atomic E-state index is 4.63. The summed E-state index contributed by atoms with van der Waals surface area (Å²) >= 11 is 3.51. The van der Waals surface area contributed by atoms with Crippen molar-refractivity contribution in [2.45, 2.75) is 40.2 Å². The van der Waals surface area contributed by atoms with Gasteiger partial charge in [-0.15, -0.1) is 0 Å². The van der Waals surface area contributed by atoms with Crippen molar-refractivity contribution in [1.29, 1.82) is 0 Å². The summed E-state index contributed by atoms with van der Waals surface area (Å²) in [5.74, 6) is 1.86. The number of rotatable bonds is 8. The fourth-order valence-corrected chi connectivity index (χ4v) is 2.68. The van der Waals surface area contributed by atoms with Gasteiger partial charge in [0.2, 0.25) is 0 Å². The summed E-state index contributed by atoms with van der Waals surface area (Å²) in [5, 5.41) is 3.22. The van der Waals surface area contributed by atoms with Gasteiger partial charge in [-0.1, -0.05) is 26.7 Å². The van der Waals surface area contributed by atoms with E-state index in [2.05, 4.69) is 58.0 Å². The molecule has 108 valence electrons. The predicted molar refractivity (Wildman–Crippen MR) is 86.7 cm³/mol. The monoisotopic (exact) mass is 327 g/mol. The van der Waals surface area contributed by atoms with E-state index in [1.807, 2.05) is 13.2 Å². The highest BCUT2D eigenvalue weighted by Crippen LogP contribution is 2.23. The fraction of sp³-hybridized carbons (Fsp3) is 0.667. The molecule has 0 radical (unpaired) electrons. The van der Waals surface area contributed by atoms with Gasteiger partial charge < -0.3 is 10.2 Å². The van der Waals surface area contributed by atoms with Gasteiger partial charge in [0.25, 0.3) is 0 Å². The first-order chi connectivity index (χ1) is 9.15. The van der Waals surface area contributed by atoms with Gasteiger partial charge in [-0.05, 0) is 41.9 Å². The Morgan fingerprint density at radius 1 is 1.32 bits per heavy atom. The maximum atomic E-state index is 4.63. The Bertz CT molecular complexity index is 378. The molecule has 0 fully saturated rings. The highest BCUT2D eigenvalue weighted by Gasteiger charge is 2.15. The molecule has 0 aromatic carbocycles. The summed E-state index contributed by atoms with van der Waals surface area (Å²) in [6.45, 7) is 9.68. The van der Waals surface area contributed by atoms with Crippen LogP contribution in [-0.2, 0) is 6.54 Å². The second kappa shape index (κ2) is 8.54. The highest BCUT2D eigenvalue weighted by molar-refractivity contribution is 9.10. The molecule has 0 atom stereocenters. The van der Waals surface area contributed by atoms with E-state index < -0.39 is 0 Å². The lowest BCUT2D eigenvalue weighted by Gasteiger charge is -2.28. The molecule has 1 N–H and O–H groups in total. The summed E-state index contributed by atoms with van der Waals surface area (Å²) in [7, 11) is 1.97. The van der Waals surface area contributed by atoms with Crippen LogP contribution in [0.4, 0.5) is 5.82 Å². The van der Waals surface area contributed by atoms with Gasteiger partial charge in [0, 0.05) is 35.9 Å². The molecule has 1 aromatic rings. The lowest BCUT2D eigenvalue weighted by Crippen LogP contribution is -2.31. The summed E-state index contributed by atoms with van der Waals surface area (Å²) in [6.07, 6.45) is 4.35. The lowest BCUT2D eigenvalue weighted by molar-refractivity contribution is 0.483. The Labute approximate surface area is 125 Å². The van der Waals surface area contributed by atoms with Crippen LogP contribution in [0, 0.1) is 5.92 Å². The van der Waals surface area contributed by atoms with Crippen LogP contribution in [0.25, 0.3) is 0 Å². The Morgan fingerprint density at radius 2 is 2.00 bits per heavy atom. The third kappa shape index (κ3) is 4.77. The molecular weight excluding hydrogens is 302 g/mol. The van der Waals surface area contributed by atoms with Gasteiger partial charge in [-0.2, -0.15) is 0 Å². The third-order valence-corrected chi connectivity index (χ3v) is 4.02. The Hall–Kier alpha value is -0.610. The van der Waals surface area contributed by atoms with E-state index in [4.69, 9.17) is 0 Å². The molecule has 1 heterocycles. The van der Waals surface area contributed by atoms with Crippen molar-refractivity contribution in [3.63, 3.8) is 0 Å². The lowest BCUT2D eigenvalue weighted by atomic mass is 10.0. The van der Waals surface area contributed by atoms with Crippen LogP contribution < -0.4 is 10.2 Å². The van der Waals surface area contributed by atoms with E-state index in [-0.39, 0.29) is 0 Å². The molecule has 4 heteroatoms. The number of anilines is 1. The van der Waals surface area contributed by atoms with Crippen molar-refractivity contribution in [3.05, 3.63) is 22.3 Å². The second-order valence-corrected chi connectivity index (χ2v) is 5.80. The zero-order valence-corrected chi connectivity index (χ0v) is 14.1. The third-order valence-electron chi connectivity index (χ3n) is 3.59. The van der Waals surface area contributed by atoms with Gasteiger partial charge in [0.05, 0.1) is 0 Å². The average molecular weight is 328 g/mol. The highest BCUT2D eigenvalue weighted by atomic mass is 79.9. The number of hydrogen-bond donors (Lipinski definition) is 1. The molecule has 0 saturated carbocycles. The van der Waals surface area contributed by atoms with Crippen molar-refractivity contribution in [2.75, 3.05) is 25.0 Å². The van der Waals surface area contributed by atoms with Crippen LogP contribution in [0.2, 0.25) is 0 Å². The predicted octanol–water partition coefficient (Wildman–Crippen LogP) is 3.83. The van der Waals surface area contributed by atoms with Crippen LogP contribution in [0.5, 0.6) is 0 Å². The van der Waals surface area contributed by atoms with Crippen molar-refractivity contribution < 1.29 is 0 Å². The van der Waals surface area contributed by atoms with Gasteiger partial charge in [0.1, 0.15) is 5.82 Å². The molecule has 3 nitrogen and oxygen atoms in total.